The number of ether oxygens (including phenoxy) is 2. The van der Waals surface area contributed by atoms with Crippen LogP contribution in [0.2, 0.25) is 0 Å². The van der Waals surface area contributed by atoms with Crippen LogP contribution in [-0.4, -0.2) is 24.7 Å². The van der Waals surface area contributed by atoms with Crippen LogP contribution in [0.4, 0.5) is 0 Å². The van der Waals surface area contributed by atoms with E-state index in [1.165, 1.54) is 6.21 Å². The molecule has 0 atom stereocenters. The molecule has 3 aromatic carbocycles. The molecule has 0 aliphatic carbocycles. The molecule has 0 radical (unpaired) electrons. The molecule has 6 nitrogen and oxygen atoms in total. The van der Waals surface area contributed by atoms with E-state index >= 15 is 0 Å². The summed E-state index contributed by atoms with van der Waals surface area (Å²) < 4.78 is 11.0. The van der Waals surface area contributed by atoms with E-state index in [2.05, 4.69) is 30.4 Å². The number of carbonyl (C=O) groups is 2. The summed E-state index contributed by atoms with van der Waals surface area (Å²) in [5, 5.41) is 3.96. The molecule has 3 rings (SSSR count). The van der Waals surface area contributed by atoms with E-state index in [4.69, 9.17) is 9.47 Å². The first-order valence-electron chi connectivity index (χ1n) is 10.8. The second-order valence-corrected chi connectivity index (χ2v) is 8.09. The molecule has 1 N–H and O–H groups in total. The molecule has 0 saturated heterocycles. The van der Waals surface area contributed by atoms with Crippen LogP contribution in [0.1, 0.15) is 52.4 Å². The molecule has 0 spiro atoms. The molecule has 0 aliphatic heterocycles. The highest BCUT2D eigenvalue weighted by atomic mass is 16.5. The summed E-state index contributed by atoms with van der Waals surface area (Å²) >= 11 is 0. The van der Waals surface area contributed by atoms with E-state index in [0.717, 1.165) is 22.3 Å². The number of aryl methyl sites for hydroxylation is 2. The van der Waals surface area contributed by atoms with Crippen LogP contribution < -0.4 is 14.9 Å². The third-order valence-electron chi connectivity index (χ3n) is 4.98. The lowest BCUT2D eigenvalue weighted by Crippen LogP contribution is -2.24. The molecule has 0 fully saturated rings. The van der Waals surface area contributed by atoms with Crippen molar-refractivity contribution in [2.45, 2.75) is 33.6 Å². The van der Waals surface area contributed by atoms with Gasteiger partial charge in [-0.05, 0) is 78.9 Å². The van der Waals surface area contributed by atoms with Gasteiger partial charge in [-0.15, -0.1) is 0 Å². The Morgan fingerprint density at radius 2 is 1.76 bits per heavy atom. The molecule has 0 bridgehead atoms. The first-order valence-corrected chi connectivity index (χ1v) is 10.8. The first-order chi connectivity index (χ1) is 15.8. The van der Waals surface area contributed by atoms with Crippen molar-refractivity contribution in [1.82, 2.24) is 5.43 Å². The Labute approximate surface area is 194 Å². The smallest absolute Gasteiger partial charge is 0.343 e. The summed E-state index contributed by atoms with van der Waals surface area (Å²) in [6.07, 6.45) is 1.51. The molecular formula is C27H28N2O4. The Balaban J connectivity index is 1.49. The van der Waals surface area contributed by atoms with E-state index in [9.17, 15) is 9.59 Å². The van der Waals surface area contributed by atoms with Gasteiger partial charge in [0, 0.05) is 0 Å². The number of benzene rings is 3. The zero-order chi connectivity index (χ0) is 23.8. The Morgan fingerprint density at radius 3 is 2.45 bits per heavy atom. The molecule has 1 amide bonds. The number of nitrogens with zero attached hydrogens (tertiary/aromatic N) is 1. The van der Waals surface area contributed by atoms with Crippen molar-refractivity contribution in [2.75, 3.05) is 6.61 Å². The van der Waals surface area contributed by atoms with Gasteiger partial charge in [-0.3, -0.25) is 4.79 Å². The van der Waals surface area contributed by atoms with Crippen LogP contribution in [0.3, 0.4) is 0 Å². The predicted molar refractivity (Wildman–Crippen MR) is 129 cm³/mol. The van der Waals surface area contributed by atoms with Crippen molar-refractivity contribution in [1.29, 1.82) is 0 Å². The van der Waals surface area contributed by atoms with Crippen LogP contribution in [-0.2, 0) is 4.79 Å². The highest BCUT2D eigenvalue weighted by Gasteiger charge is 2.09. The van der Waals surface area contributed by atoms with Crippen molar-refractivity contribution < 1.29 is 19.1 Å². The molecule has 0 saturated carbocycles. The molecule has 3 aromatic rings. The average molecular weight is 445 g/mol. The van der Waals surface area contributed by atoms with Crippen molar-refractivity contribution in [3.05, 3.63) is 94.5 Å². The second-order valence-electron chi connectivity index (χ2n) is 8.09. The number of amides is 1. The number of nitrogens with one attached hydrogen (secondary N) is 1. The van der Waals surface area contributed by atoms with Crippen molar-refractivity contribution in [2.24, 2.45) is 5.10 Å². The Morgan fingerprint density at radius 1 is 1.00 bits per heavy atom. The summed E-state index contributed by atoms with van der Waals surface area (Å²) in [5.74, 6) is 0.723. The Hall–Kier alpha value is -3.93. The predicted octanol–water partition coefficient (Wildman–Crippen LogP) is 5.18. The monoisotopic (exact) mass is 444 g/mol. The zero-order valence-corrected chi connectivity index (χ0v) is 19.3. The third kappa shape index (κ3) is 7.04. The van der Waals surface area contributed by atoms with Gasteiger partial charge in [-0.1, -0.05) is 43.7 Å². The second kappa shape index (κ2) is 11.1. The van der Waals surface area contributed by atoms with Gasteiger partial charge in [0.25, 0.3) is 5.91 Å². The van der Waals surface area contributed by atoms with Gasteiger partial charge < -0.3 is 9.47 Å². The van der Waals surface area contributed by atoms with Crippen LogP contribution in [0.15, 0.2) is 71.8 Å². The van der Waals surface area contributed by atoms with Crippen LogP contribution in [0.25, 0.3) is 0 Å². The number of hydrazone groups is 1. The molecular weight excluding hydrogens is 416 g/mol. The fourth-order valence-corrected chi connectivity index (χ4v) is 3.05. The molecule has 170 valence electrons. The van der Waals surface area contributed by atoms with Crippen molar-refractivity contribution in [3.8, 4) is 11.5 Å². The number of esters is 1. The largest absolute Gasteiger partial charge is 0.483 e. The lowest BCUT2D eigenvalue weighted by atomic mass is 10.0. The van der Waals surface area contributed by atoms with Gasteiger partial charge in [0.1, 0.15) is 11.5 Å². The molecule has 0 aromatic heterocycles. The first kappa shape index (κ1) is 23.7. The number of rotatable bonds is 8. The highest BCUT2D eigenvalue weighted by Crippen LogP contribution is 2.24. The summed E-state index contributed by atoms with van der Waals surface area (Å²) in [6.45, 7) is 7.94. The number of carbonyl (C=O) groups excluding carboxylic acids is 2. The van der Waals surface area contributed by atoms with E-state index in [-0.39, 0.29) is 12.5 Å². The lowest BCUT2D eigenvalue weighted by Gasteiger charge is -2.12. The quantitative estimate of drug-likeness (QED) is 0.225. The van der Waals surface area contributed by atoms with Gasteiger partial charge in [0.15, 0.2) is 6.61 Å². The zero-order valence-electron chi connectivity index (χ0n) is 19.3. The summed E-state index contributed by atoms with van der Waals surface area (Å²) in [7, 11) is 0. The molecule has 0 aliphatic rings. The maximum Gasteiger partial charge on any atom is 0.343 e. The third-order valence-corrected chi connectivity index (χ3v) is 4.98. The number of hydrogen-bond acceptors (Lipinski definition) is 5. The van der Waals surface area contributed by atoms with Crippen LogP contribution in [0, 0.1) is 13.8 Å². The Kier molecular flexibility index (Phi) is 7.97. The van der Waals surface area contributed by atoms with Gasteiger partial charge in [-0.25, -0.2) is 10.2 Å². The van der Waals surface area contributed by atoms with Crippen molar-refractivity contribution in [3.63, 3.8) is 0 Å². The number of hydrogen-bond donors (Lipinski definition) is 1. The van der Waals surface area contributed by atoms with E-state index in [1.54, 1.807) is 36.4 Å². The molecule has 0 heterocycles. The molecule has 0 unspecified atom stereocenters. The van der Waals surface area contributed by atoms with Gasteiger partial charge in [-0.2, -0.15) is 5.10 Å². The van der Waals surface area contributed by atoms with Crippen molar-refractivity contribution >= 4 is 18.1 Å². The van der Waals surface area contributed by atoms with Crippen LogP contribution in [0.5, 0.6) is 11.5 Å². The molecule has 33 heavy (non-hydrogen) atoms. The van der Waals surface area contributed by atoms with E-state index in [1.807, 2.05) is 38.1 Å². The minimum absolute atomic E-state index is 0.131. The van der Waals surface area contributed by atoms with Gasteiger partial charge >= 0.3 is 5.97 Å². The van der Waals surface area contributed by atoms with Gasteiger partial charge in [0.05, 0.1) is 11.8 Å². The topological polar surface area (TPSA) is 77.0 Å². The average Bonchev–Trinajstić information content (AvgIpc) is 2.79. The van der Waals surface area contributed by atoms with E-state index in [0.29, 0.717) is 23.0 Å². The fourth-order valence-electron chi connectivity index (χ4n) is 3.05. The maximum absolute atomic E-state index is 12.2. The van der Waals surface area contributed by atoms with E-state index < -0.39 is 5.97 Å². The van der Waals surface area contributed by atoms with Crippen LogP contribution >= 0.6 is 0 Å². The minimum atomic E-state index is -0.415. The summed E-state index contributed by atoms with van der Waals surface area (Å²) in [4.78, 5) is 24.3. The normalized spacial score (nSPS) is 10.9. The molecule has 6 heteroatoms. The SMILES string of the molecule is Cc1cccc(C(=O)Oc2ccc(/C=N\NC(=O)COc3cc(C(C)C)ccc3C)cc2)c1. The Bertz CT molecular complexity index is 1150. The fraction of sp³-hybridized carbons (Fsp3) is 0.222. The summed E-state index contributed by atoms with van der Waals surface area (Å²) in [5.41, 5.74) is 6.81. The lowest BCUT2D eigenvalue weighted by molar-refractivity contribution is -0.123. The highest BCUT2D eigenvalue weighted by molar-refractivity contribution is 5.91. The summed E-state index contributed by atoms with van der Waals surface area (Å²) in [6, 6.07) is 20.1. The minimum Gasteiger partial charge on any atom is -0.483 e. The maximum atomic E-state index is 12.2. The van der Waals surface area contributed by atoms with Gasteiger partial charge in [0.2, 0.25) is 0 Å². The standard InChI is InChI=1S/C27H28N2O4/c1-18(2)22-11-8-20(4)25(15-22)32-17-26(30)29-28-16-21-9-12-24(13-10-21)33-27(31)23-7-5-6-19(3)14-23/h5-16,18H,17H2,1-4H3,(H,29,30)/b28-16-.